The van der Waals surface area contributed by atoms with Gasteiger partial charge in [0.2, 0.25) is 0 Å². The summed E-state index contributed by atoms with van der Waals surface area (Å²) in [4.78, 5) is 37.1. The predicted octanol–water partition coefficient (Wildman–Crippen LogP) is 4.08. The second-order valence-electron chi connectivity index (χ2n) is 6.66. The molecule has 0 saturated heterocycles. The van der Waals surface area contributed by atoms with Crippen LogP contribution in [-0.4, -0.2) is 30.5 Å². The van der Waals surface area contributed by atoms with E-state index in [1.807, 2.05) is 6.92 Å². The summed E-state index contributed by atoms with van der Waals surface area (Å²) in [5, 5.41) is 9.50. The maximum atomic E-state index is 12.7. The Labute approximate surface area is 195 Å². The number of halogens is 1. The minimum Gasteiger partial charge on any atom is -0.494 e. The Kier molecular flexibility index (Phi) is 8.15. The zero-order valence-corrected chi connectivity index (χ0v) is 18.4. The van der Waals surface area contributed by atoms with E-state index in [4.69, 9.17) is 16.3 Å². The number of amides is 3. The third-order valence-corrected chi connectivity index (χ3v) is 4.55. The highest BCUT2D eigenvalue weighted by molar-refractivity contribution is 6.40. The van der Waals surface area contributed by atoms with Crippen LogP contribution in [0, 0.1) is 0 Å². The van der Waals surface area contributed by atoms with Gasteiger partial charge in [-0.3, -0.25) is 14.4 Å². The number of hydrazone groups is 1. The third-order valence-electron chi connectivity index (χ3n) is 4.30. The minimum absolute atomic E-state index is 0.183. The van der Waals surface area contributed by atoms with Crippen LogP contribution in [-0.2, 0) is 9.59 Å². The number of rotatable bonds is 7. The highest BCUT2D eigenvalue weighted by Gasteiger charge is 2.17. The van der Waals surface area contributed by atoms with Gasteiger partial charge in [-0.25, -0.2) is 5.43 Å². The number of hydrogen-bond donors (Lipinski definition) is 3. The normalized spacial score (nSPS) is 10.5. The maximum Gasteiger partial charge on any atom is 0.329 e. The van der Waals surface area contributed by atoms with E-state index in [9.17, 15) is 14.4 Å². The van der Waals surface area contributed by atoms with Crippen molar-refractivity contribution in [2.45, 2.75) is 6.92 Å². The molecule has 168 valence electrons. The molecule has 0 fully saturated rings. The molecule has 0 radical (unpaired) electrons. The first-order valence-electron chi connectivity index (χ1n) is 9.99. The zero-order chi connectivity index (χ0) is 23.6. The number of nitrogens with zero attached hydrogens (tertiary/aromatic N) is 1. The molecule has 0 spiro atoms. The van der Waals surface area contributed by atoms with Crippen LogP contribution in [0.2, 0.25) is 5.02 Å². The van der Waals surface area contributed by atoms with Crippen molar-refractivity contribution in [2.24, 2.45) is 5.10 Å². The smallest absolute Gasteiger partial charge is 0.329 e. The number of ether oxygens (including phenoxy) is 1. The summed E-state index contributed by atoms with van der Waals surface area (Å²) in [6, 6.07) is 20.0. The number of para-hydroxylation sites is 1. The van der Waals surface area contributed by atoms with E-state index in [-0.39, 0.29) is 11.3 Å². The molecule has 8 nitrogen and oxygen atoms in total. The van der Waals surface area contributed by atoms with E-state index >= 15 is 0 Å². The standard InChI is InChI=1S/C24H21ClN4O4/c1-2-33-19-13-11-18(12-14-19)27-22(30)20-5-3-4-6-21(20)28-23(31)24(32)29-26-15-16-7-9-17(25)10-8-16/h3-15H,2H2,1H3,(H,27,30)(H,28,31)(H,29,32)/b26-15-. The van der Waals surface area contributed by atoms with E-state index in [2.05, 4.69) is 21.2 Å². The molecule has 9 heteroatoms. The zero-order valence-electron chi connectivity index (χ0n) is 17.7. The summed E-state index contributed by atoms with van der Waals surface area (Å²) < 4.78 is 5.38. The molecule has 0 aliphatic heterocycles. The Balaban J connectivity index is 1.61. The van der Waals surface area contributed by atoms with Crippen LogP contribution >= 0.6 is 11.6 Å². The van der Waals surface area contributed by atoms with E-state index in [1.54, 1.807) is 60.7 Å². The lowest BCUT2D eigenvalue weighted by Crippen LogP contribution is -2.33. The quantitative estimate of drug-likeness (QED) is 0.278. The minimum atomic E-state index is -0.984. The van der Waals surface area contributed by atoms with Crippen molar-refractivity contribution in [3.05, 3.63) is 88.9 Å². The van der Waals surface area contributed by atoms with E-state index in [0.29, 0.717) is 28.6 Å². The number of anilines is 2. The first-order valence-corrected chi connectivity index (χ1v) is 10.4. The topological polar surface area (TPSA) is 109 Å². The molecule has 0 aliphatic rings. The summed E-state index contributed by atoms with van der Waals surface area (Å²) in [5.74, 6) is -1.71. The molecular weight excluding hydrogens is 444 g/mol. The van der Waals surface area contributed by atoms with Gasteiger partial charge >= 0.3 is 11.8 Å². The lowest BCUT2D eigenvalue weighted by Gasteiger charge is -2.11. The molecule has 3 N–H and O–H groups in total. The van der Waals surface area contributed by atoms with Gasteiger partial charge in [-0.1, -0.05) is 35.9 Å². The number of carbonyl (C=O) groups is 3. The molecule has 0 atom stereocenters. The number of hydrogen-bond acceptors (Lipinski definition) is 5. The lowest BCUT2D eigenvalue weighted by atomic mass is 10.1. The van der Waals surface area contributed by atoms with Gasteiger partial charge in [0.05, 0.1) is 24.1 Å². The monoisotopic (exact) mass is 464 g/mol. The second-order valence-corrected chi connectivity index (χ2v) is 7.10. The van der Waals surface area contributed by atoms with E-state index in [0.717, 1.165) is 0 Å². The van der Waals surface area contributed by atoms with Crippen molar-refractivity contribution < 1.29 is 19.1 Å². The molecule has 3 amide bonds. The molecule has 0 unspecified atom stereocenters. The summed E-state index contributed by atoms with van der Waals surface area (Å²) in [6.45, 7) is 2.42. The first-order chi connectivity index (χ1) is 16.0. The van der Waals surface area contributed by atoms with Gasteiger partial charge in [0.25, 0.3) is 5.91 Å². The number of carbonyl (C=O) groups excluding carboxylic acids is 3. The Morgan fingerprint density at radius 1 is 0.909 bits per heavy atom. The molecule has 0 heterocycles. The Morgan fingerprint density at radius 2 is 1.61 bits per heavy atom. The van der Waals surface area contributed by atoms with Crippen molar-refractivity contribution in [3.63, 3.8) is 0 Å². The largest absolute Gasteiger partial charge is 0.494 e. The van der Waals surface area contributed by atoms with Crippen LogP contribution in [0.25, 0.3) is 0 Å². The number of nitrogens with one attached hydrogen (secondary N) is 3. The highest BCUT2D eigenvalue weighted by Crippen LogP contribution is 2.19. The molecule has 0 saturated carbocycles. The van der Waals surface area contributed by atoms with Crippen LogP contribution in [0.1, 0.15) is 22.8 Å². The van der Waals surface area contributed by atoms with Gasteiger partial charge < -0.3 is 15.4 Å². The third kappa shape index (κ3) is 6.91. The fourth-order valence-electron chi connectivity index (χ4n) is 2.73. The Hall–Kier alpha value is -4.17. The summed E-state index contributed by atoms with van der Waals surface area (Å²) in [5.41, 5.74) is 3.76. The highest BCUT2D eigenvalue weighted by atomic mass is 35.5. The summed E-state index contributed by atoms with van der Waals surface area (Å²) >= 11 is 5.81. The molecule has 0 bridgehead atoms. The molecule has 3 aromatic rings. The van der Waals surface area contributed by atoms with Crippen molar-refractivity contribution in [3.8, 4) is 5.75 Å². The van der Waals surface area contributed by atoms with E-state index in [1.165, 1.54) is 18.3 Å². The lowest BCUT2D eigenvalue weighted by molar-refractivity contribution is -0.136. The van der Waals surface area contributed by atoms with Crippen molar-refractivity contribution >= 4 is 46.9 Å². The second kappa shape index (κ2) is 11.4. The first kappa shape index (κ1) is 23.5. The summed E-state index contributed by atoms with van der Waals surface area (Å²) in [7, 11) is 0. The van der Waals surface area contributed by atoms with E-state index < -0.39 is 17.7 Å². The van der Waals surface area contributed by atoms with Crippen LogP contribution in [0.4, 0.5) is 11.4 Å². The molecular formula is C24H21ClN4O4. The molecule has 3 rings (SSSR count). The fourth-order valence-corrected chi connectivity index (χ4v) is 2.86. The summed E-state index contributed by atoms with van der Waals surface area (Å²) in [6.07, 6.45) is 1.37. The Bertz CT molecular complexity index is 1160. The molecule has 0 aromatic heterocycles. The maximum absolute atomic E-state index is 12.7. The fraction of sp³-hybridized carbons (Fsp3) is 0.0833. The van der Waals surface area contributed by atoms with Crippen molar-refractivity contribution in [1.29, 1.82) is 0 Å². The van der Waals surface area contributed by atoms with Gasteiger partial charge in [-0.15, -0.1) is 0 Å². The molecule has 3 aromatic carbocycles. The van der Waals surface area contributed by atoms with Crippen LogP contribution < -0.4 is 20.8 Å². The van der Waals surface area contributed by atoms with Gasteiger partial charge in [-0.2, -0.15) is 5.10 Å². The SMILES string of the molecule is CCOc1ccc(NC(=O)c2ccccc2NC(=O)C(=O)N/N=C\c2ccc(Cl)cc2)cc1. The van der Waals surface area contributed by atoms with Crippen molar-refractivity contribution in [2.75, 3.05) is 17.2 Å². The van der Waals surface area contributed by atoms with Gasteiger partial charge in [-0.05, 0) is 61.0 Å². The Morgan fingerprint density at radius 3 is 2.30 bits per heavy atom. The van der Waals surface area contributed by atoms with Gasteiger partial charge in [0.1, 0.15) is 5.75 Å². The van der Waals surface area contributed by atoms with Crippen molar-refractivity contribution in [1.82, 2.24) is 5.43 Å². The molecule has 33 heavy (non-hydrogen) atoms. The average molecular weight is 465 g/mol. The van der Waals surface area contributed by atoms with Gasteiger partial charge in [0.15, 0.2) is 0 Å². The van der Waals surface area contributed by atoms with Crippen LogP contribution in [0.15, 0.2) is 77.9 Å². The average Bonchev–Trinajstić information content (AvgIpc) is 2.82. The van der Waals surface area contributed by atoms with Gasteiger partial charge in [0, 0.05) is 10.7 Å². The predicted molar refractivity (Wildman–Crippen MR) is 128 cm³/mol. The molecule has 0 aliphatic carbocycles. The van der Waals surface area contributed by atoms with Crippen LogP contribution in [0.5, 0.6) is 5.75 Å². The van der Waals surface area contributed by atoms with Crippen LogP contribution in [0.3, 0.4) is 0 Å². The number of benzene rings is 3.